The van der Waals surface area contributed by atoms with Crippen molar-refractivity contribution in [1.29, 1.82) is 0 Å². The SMILES string of the molecule is CNc1nccs1.O=CCCCCCCC(=O)c1ccccc1. The van der Waals surface area contributed by atoms with Crippen LogP contribution in [0.3, 0.4) is 0 Å². The number of anilines is 1. The van der Waals surface area contributed by atoms with Crippen molar-refractivity contribution >= 4 is 28.5 Å². The molecule has 0 radical (unpaired) electrons. The number of carbonyl (C=O) groups excluding carboxylic acids is 2. The molecule has 0 aliphatic carbocycles. The number of aromatic nitrogens is 1. The summed E-state index contributed by atoms with van der Waals surface area (Å²) in [5.74, 6) is 0.219. The molecular weight excluding hydrogens is 308 g/mol. The first-order chi connectivity index (χ1) is 11.3. The number of aldehydes is 1. The molecule has 0 fully saturated rings. The van der Waals surface area contributed by atoms with Gasteiger partial charge in [0, 0.05) is 37.0 Å². The van der Waals surface area contributed by atoms with Crippen LogP contribution in [0.25, 0.3) is 0 Å². The minimum Gasteiger partial charge on any atom is -0.365 e. The average molecular weight is 332 g/mol. The molecular formula is C18H24N2O2S. The number of rotatable bonds is 9. The summed E-state index contributed by atoms with van der Waals surface area (Å²) in [7, 11) is 1.86. The van der Waals surface area contributed by atoms with E-state index in [1.807, 2.05) is 42.8 Å². The van der Waals surface area contributed by atoms with Crippen molar-refractivity contribution < 1.29 is 9.59 Å². The van der Waals surface area contributed by atoms with Crippen LogP contribution in [0.5, 0.6) is 0 Å². The molecule has 0 aliphatic rings. The number of carbonyl (C=O) groups is 2. The second-order valence-electron chi connectivity index (χ2n) is 5.00. The minimum atomic E-state index is 0.219. The van der Waals surface area contributed by atoms with Crippen LogP contribution in [-0.4, -0.2) is 24.1 Å². The third-order valence-electron chi connectivity index (χ3n) is 3.22. The summed E-state index contributed by atoms with van der Waals surface area (Å²) < 4.78 is 0. The highest BCUT2D eigenvalue weighted by atomic mass is 32.1. The lowest BCUT2D eigenvalue weighted by Gasteiger charge is -2.00. The first-order valence-corrected chi connectivity index (χ1v) is 8.75. The van der Waals surface area contributed by atoms with Gasteiger partial charge in [-0.25, -0.2) is 4.98 Å². The van der Waals surface area contributed by atoms with Crippen LogP contribution in [0.4, 0.5) is 5.13 Å². The van der Waals surface area contributed by atoms with Crippen molar-refractivity contribution in [1.82, 2.24) is 4.98 Å². The molecule has 0 aliphatic heterocycles. The number of nitrogens with zero attached hydrogens (tertiary/aromatic N) is 1. The highest BCUT2D eigenvalue weighted by molar-refractivity contribution is 7.13. The van der Waals surface area contributed by atoms with Crippen molar-refractivity contribution in [3.8, 4) is 0 Å². The first-order valence-electron chi connectivity index (χ1n) is 7.87. The van der Waals surface area contributed by atoms with Gasteiger partial charge in [0.15, 0.2) is 10.9 Å². The number of hydrogen-bond donors (Lipinski definition) is 1. The Labute approximate surface area is 142 Å². The third-order valence-corrected chi connectivity index (χ3v) is 4.01. The van der Waals surface area contributed by atoms with Crippen LogP contribution in [0, 0.1) is 0 Å². The van der Waals surface area contributed by atoms with E-state index in [4.69, 9.17) is 0 Å². The number of benzene rings is 1. The zero-order valence-corrected chi connectivity index (χ0v) is 14.3. The van der Waals surface area contributed by atoms with E-state index in [1.165, 1.54) is 0 Å². The molecule has 1 aromatic carbocycles. The average Bonchev–Trinajstić information content (AvgIpc) is 3.13. The van der Waals surface area contributed by atoms with E-state index in [0.717, 1.165) is 42.7 Å². The monoisotopic (exact) mass is 332 g/mol. The Hall–Kier alpha value is -2.01. The Morgan fingerprint density at radius 1 is 1.17 bits per heavy atom. The standard InChI is InChI=1S/C14H18O2.C4H6N2S/c15-12-8-3-1-2-7-11-14(16)13-9-5-4-6-10-13;1-5-4-6-2-3-7-4/h4-6,9-10,12H,1-3,7-8,11H2;2-3H,1H3,(H,5,6). The molecule has 1 heterocycles. The van der Waals surface area contributed by atoms with E-state index < -0.39 is 0 Å². The Morgan fingerprint density at radius 3 is 2.48 bits per heavy atom. The number of thiazole rings is 1. The second kappa shape index (κ2) is 12.5. The van der Waals surface area contributed by atoms with Crippen molar-refractivity contribution in [3.63, 3.8) is 0 Å². The number of hydrogen-bond acceptors (Lipinski definition) is 5. The lowest BCUT2D eigenvalue weighted by Crippen LogP contribution is -1.98. The minimum absolute atomic E-state index is 0.219. The molecule has 2 rings (SSSR count). The van der Waals surface area contributed by atoms with Crippen molar-refractivity contribution in [3.05, 3.63) is 47.5 Å². The maximum absolute atomic E-state index is 11.7. The summed E-state index contributed by atoms with van der Waals surface area (Å²) in [6.07, 6.45) is 7.94. The van der Waals surface area contributed by atoms with Crippen LogP contribution < -0.4 is 5.32 Å². The summed E-state index contributed by atoms with van der Waals surface area (Å²) in [5.41, 5.74) is 0.801. The van der Waals surface area contributed by atoms with Gasteiger partial charge in [0.1, 0.15) is 6.29 Å². The predicted molar refractivity (Wildman–Crippen MR) is 96.2 cm³/mol. The van der Waals surface area contributed by atoms with Gasteiger partial charge >= 0.3 is 0 Å². The van der Waals surface area contributed by atoms with Gasteiger partial charge in [-0.2, -0.15) is 0 Å². The molecule has 0 bridgehead atoms. The zero-order valence-electron chi connectivity index (χ0n) is 13.5. The zero-order chi connectivity index (χ0) is 16.8. The maximum Gasteiger partial charge on any atom is 0.182 e. The van der Waals surface area contributed by atoms with E-state index in [0.29, 0.717) is 12.8 Å². The van der Waals surface area contributed by atoms with Gasteiger partial charge < -0.3 is 10.1 Å². The summed E-state index contributed by atoms with van der Waals surface area (Å²) in [6.45, 7) is 0. The van der Waals surface area contributed by atoms with Gasteiger partial charge in [-0.15, -0.1) is 11.3 Å². The fourth-order valence-corrected chi connectivity index (χ4v) is 2.47. The highest BCUT2D eigenvalue weighted by Gasteiger charge is 2.03. The lowest BCUT2D eigenvalue weighted by atomic mass is 10.0. The summed E-state index contributed by atoms with van der Waals surface area (Å²) >= 11 is 1.60. The summed E-state index contributed by atoms with van der Waals surface area (Å²) in [5, 5.41) is 5.82. The van der Waals surface area contributed by atoms with E-state index in [9.17, 15) is 9.59 Å². The van der Waals surface area contributed by atoms with Crippen molar-refractivity contribution in [2.45, 2.75) is 38.5 Å². The molecule has 0 atom stereocenters. The van der Waals surface area contributed by atoms with Gasteiger partial charge in [0.2, 0.25) is 0 Å². The van der Waals surface area contributed by atoms with Crippen molar-refractivity contribution in [2.24, 2.45) is 0 Å². The van der Waals surface area contributed by atoms with Gasteiger partial charge in [-0.05, 0) is 12.8 Å². The summed E-state index contributed by atoms with van der Waals surface area (Å²) in [4.78, 5) is 25.7. The van der Waals surface area contributed by atoms with E-state index >= 15 is 0 Å². The summed E-state index contributed by atoms with van der Waals surface area (Å²) in [6, 6.07) is 9.40. The van der Waals surface area contributed by atoms with Gasteiger partial charge in [-0.1, -0.05) is 43.2 Å². The van der Waals surface area contributed by atoms with E-state index in [2.05, 4.69) is 10.3 Å². The van der Waals surface area contributed by atoms with Crippen LogP contribution >= 0.6 is 11.3 Å². The Morgan fingerprint density at radius 2 is 1.91 bits per heavy atom. The molecule has 0 spiro atoms. The van der Waals surface area contributed by atoms with Crippen LogP contribution in [0.2, 0.25) is 0 Å². The van der Waals surface area contributed by atoms with Crippen LogP contribution in [0.1, 0.15) is 48.9 Å². The van der Waals surface area contributed by atoms with Crippen molar-refractivity contribution in [2.75, 3.05) is 12.4 Å². The van der Waals surface area contributed by atoms with Gasteiger partial charge in [-0.3, -0.25) is 4.79 Å². The number of unbranched alkanes of at least 4 members (excludes halogenated alkanes) is 4. The van der Waals surface area contributed by atoms with Gasteiger partial charge in [0.05, 0.1) is 0 Å². The third kappa shape index (κ3) is 8.88. The molecule has 1 aromatic heterocycles. The number of nitrogens with one attached hydrogen (secondary N) is 1. The fraction of sp³-hybridized carbons (Fsp3) is 0.389. The van der Waals surface area contributed by atoms with Crippen LogP contribution in [-0.2, 0) is 4.79 Å². The van der Waals surface area contributed by atoms with E-state index in [-0.39, 0.29) is 5.78 Å². The Bertz CT molecular complexity index is 541. The fourth-order valence-electron chi connectivity index (χ4n) is 1.98. The first kappa shape index (κ1) is 19.0. The molecule has 5 heteroatoms. The predicted octanol–water partition coefficient (Wildman–Crippen LogP) is 4.59. The molecule has 1 N–H and O–H groups in total. The molecule has 0 unspecified atom stereocenters. The lowest BCUT2D eigenvalue weighted by molar-refractivity contribution is -0.107. The number of ketones is 1. The Balaban J connectivity index is 0.000000313. The molecule has 0 saturated heterocycles. The molecule has 23 heavy (non-hydrogen) atoms. The van der Waals surface area contributed by atoms with Crippen LogP contribution in [0.15, 0.2) is 41.9 Å². The largest absolute Gasteiger partial charge is 0.365 e. The smallest absolute Gasteiger partial charge is 0.182 e. The normalized spacial score (nSPS) is 9.61. The Kier molecular flexibility index (Phi) is 10.4. The highest BCUT2D eigenvalue weighted by Crippen LogP contribution is 2.09. The number of Topliss-reactive ketones (excluding diaryl/α,β-unsaturated/α-hetero) is 1. The molecule has 0 saturated carbocycles. The van der Waals surface area contributed by atoms with Gasteiger partial charge in [0.25, 0.3) is 0 Å². The molecule has 0 amide bonds. The van der Waals surface area contributed by atoms with E-state index in [1.54, 1.807) is 17.5 Å². The topological polar surface area (TPSA) is 59.1 Å². The maximum atomic E-state index is 11.7. The second-order valence-corrected chi connectivity index (χ2v) is 5.89. The molecule has 2 aromatic rings. The molecule has 124 valence electrons. The molecule has 4 nitrogen and oxygen atoms in total. The quantitative estimate of drug-likeness (QED) is 0.414.